The largest absolute Gasteiger partial charge is 0.345 e. The molecule has 4 aromatic heterocycles. The van der Waals surface area contributed by atoms with E-state index in [-0.39, 0.29) is 11.4 Å². The third-order valence-electron chi connectivity index (χ3n) is 3.89. The summed E-state index contributed by atoms with van der Waals surface area (Å²) in [5, 5.41) is 0.566. The maximum atomic E-state index is 12.6. The van der Waals surface area contributed by atoms with Gasteiger partial charge in [0.15, 0.2) is 0 Å². The lowest BCUT2D eigenvalue weighted by atomic mass is 10.3. The monoisotopic (exact) mass is 341 g/mol. The highest BCUT2D eigenvalue weighted by Gasteiger charge is 2.19. The lowest BCUT2D eigenvalue weighted by Crippen LogP contribution is -2.23. The van der Waals surface area contributed by atoms with Gasteiger partial charge in [0, 0.05) is 29.7 Å². The van der Waals surface area contributed by atoms with Gasteiger partial charge in [-0.2, -0.15) is 0 Å². The minimum absolute atomic E-state index is 0.121. The smallest absolute Gasteiger partial charge is 0.243 e. The Morgan fingerprint density at radius 1 is 1.25 bits per heavy atom. The fourth-order valence-corrected chi connectivity index (χ4v) is 3.85. The van der Waals surface area contributed by atoms with Gasteiger partial charge < -0.3 is 9.38 Å². The Morgan fingerprint density at radius 3 is 2.96 bits per heavy atom. The van der Waals surface area contributed by atoms with Crippen LogP contribution in [-0.4, -0.2) is 27.8 Å². The summed E-state index contributed by atoms with van der Waals surface area (Å²) in [4.78, 5) is 11.6. The first-order chi connectivity index (χ1) is 11.5. The van der Waals surface area contributed by atoms with Crippen LogP contribution < -0.4 is 4.72 Å². The number of aryl methyl sites for hydroxylation is 1. The maximum absolute atomic E-state index is 12.6. The Hall–Kier alpha value is -2.71. The summed E-state index contributed by atoms with van der Waals surface area (Å²) >= 11 is 0. The molecule has 7 nitrogen and oxygen atoms in total. The van der Waals surface area contributed by atoms with Crippen LogP contribution in [0.1, 0.15) is 11.4 Å². The molecule has 0 saturated heterocycles. The van der Waals surface area contributed by atoms with Crippen molar-refractivity contribution in [2.75, 3.05) is 0 Å². The van der Waals surface area contributed by atoms with Crippen LogP contribution in [0.2, 0.25) is 0 Å². The van der Waals surface area contributed by atoms with Crippen molar-refractivity contribution in [3.8, 4) is 0 Å². The van der Waals surface area contributed by atoms with Gasteiger partial charge in [0.05, 0.1) is 12.2 Å². The van der Waals surface area contributed by atoms with E-state index in [4.69, 9.17) is 0 Å². The van der Waals surface area contributed by atoms with Gasteiger partial charge in [0.25, 0.3) is 0 Å². The highest BCUT2D eigenvalue weighted by Crippen LogP contribution is 2.20. The molecular formula is C16H15N5O2S. The molecule has 4 aromatic rings. The van der Waals surface area contributed by atoms with Crippen LogP contribution in [0.5, 0.6) is 0 Å². The van der Waals surface area contributed by atoms with Gasteiger partial charge in [0.2, 0.25) is 10.0 Å². The zero-order valence-electron chi connectivity index (χ0n) is 12.9. The summed E-state index contributed by atoms with van der Waals surface area (Å²) in [5.41, 5.74) is 3.03. The quantitative estimate of drug-likeness (QED) is 0.594. The van der Waals surface area contributed by atoms with E-state index in [1.54, 1.807) is 18.3 Å². The number of hydrogen-bond acceptors (Lipinski definition) is 4. The van der Waals surface area contributed by atoms with Crippen molar-refractivity contribution in [2.24, 2.45) is 0 Å². The van der Waals surface area contributed by atoms with E-state index in [9.17, 15) is 8.42 Å². The van der Waals surface area contributed by atoms with Crippen LogP contribution in [0, 0.1) is 6.92 Å². The Morgan fingerprint density at radius 2 is 2.12 bits per heavy atom. The van der Waals surface area contributed by atoms with E-state index in [0.29, 0.717) is 16.7 Å². The van der Waals surface area contributed by atoms with E-state index in [1.807, 2.05) is 35.7 Å². The zero-order valence-corrected chi connectivity index (χ0v) is 13.7. The molecule has 8 heteroatoms. The highest BCUT2D eigenvalue weighted by molar-refractivity contribution is 7.89. The van der Waals surface area contributed by atoms with Gasteiger partial charge in [-0.1, -0.05) is 6.07 Å². The third kappa shape index (κ3) is 2.45. The summed E-state index contributed by atoms with van der Waals surface area (Å²) in [6.07, 6.45) is 4.90. The molecule has 0 spiro atoms. The van der Waals surface area contributed by atoms with E-state index >= 15 is 0 Å². The fraction of sp³-hybridized carbons (Fsp3) is 0.125. The number of sulfonamides is 1. The molecule has 4 rings (SSSR count). The molecule has 2 N–H and O–H groups in total. The van der Waals surface area contributed by atoms with Crippen molar-refractivity contribution in [2.45, 2.75) is 18.4 Å². The molecule has 0 unspecified atom stereocenters. The summed E-state index contributed by atoms with van der Waals surface area (Å²) in [6, 6.07) is 9.21. The first kappa shape index (κ1) is 14.9. The van der Waals surface area contributed by atoms with Crippen molar-refractivity contribution >= 4 is 26.7 Å². The zero-order chi connectivity index (χ0) is 16.7. The van der Waals surface area contributed by atoms with Crippen molar-refractivity contribution < 1.29 is 8.42 Å². The Kier molecular flexibility index (Phi) is 3.36. The van der Waals surface area contributed by atoms with E-state index in [0.717, 1.165) is 11.3 Å². The second kappa shape index (κ2) is 5.43. The number of nitrogens with one attached hydrogen (secondary N) is 2. The number of pyridine rings is 2. The second-order valence-corrected chi connectivity index (χ2v) is 7.24. The van der Waals surface area contributed by atoms with E-state index < -0.39 is 10.0 Å². The van der Waals surface area contributed by atoms with Gasteiger partial charge in [-0.05, 0) is 31.2 Å². The number of fused-ring (bicyclic) bond motifs is 2. The highest BCUT2D eigenvalue weighted by atomic mass is 32.2. The van der Waals surface area contributed by atoms with Crippen molar-refractivity contribution in [1.29, 1.82) is 0 Å². The van der Waals surface area contributed by atoms with E-state index in [1.165, 1.54) is 6.20 Å². The third-order valence-corrected chi connectivity index (χ3v) is 5.33. The topological polar surface area (TPSA) is 92.1 Å². The second-order valence-electron chi connectivity index (χ2n) is 5.50. The van der Waals surface area contributed by atoms with Gasteiger partial charge >= 0.3 is 0 Å². The van der Waals surface area contributed by atoms with Gasteiger partial charge in [-0.15, -0.1) is 0 Å². The van der Waals surface area contributed by atoms with Crippen molar-refractivity contribution in [1.82, 2.24) is 24.1 Å². The van der Waals surface area contributed by atoms with Crippen LogP contribution in [0.3, 0.4) is 0 Å². The molecule has 0 amide bonds. The molecule has 0 saturated carbocycles. The number of rotatable bonds is 4. The molecule has 0 fully saturated rings. The van der Waals surface area contributed by atoms with Crippen LogP contribution in [0.4, 0.5) is 0 Å². The number of nitrogens with zero attached hydrogens (tertiary/aromatic N) is 3. The molecule has 122 valence electrons. The minimum Gasteiger partial charge on any atom is -0.345 e. The Labute approximate surface area is 138 Å². The van der Waals surface area contributed by atoms with Gasteiger partial charge in [-0.3, -0.25) is 0 Å². The molecule has 0 aliphatic heterocycles. The minimum atomic E-state index is -3.66. The number of imidazole rings is 1. The molecule has 0 bridgehead atoms. The van der Waals surface area contributed by atoms with Crippen molar-refractivity contribution in [3.63, 3.8) is 0 Å². The van der Waals surface area contributed by atoms with Gasteiger partial charge in [0.1, 0.15) is 16.2 Å². The van der Waals surface area contributed by atoms with Crippen molar-refractivity contribution in [3.05, 3.63) is 60.3 Å². The first-order valence-corrected chi connectivity index (χ1v) is 8.88. The van der Waals surface area contributed by atoms with Gasteiger partial charge in [-0.25, -0.2) is 23.1 Å². The molecule has 0 aliphatic rings. The van der Waals surface area contributed by atoms with Crippen LogP contribution in [-0.2, 0) is 16.6 Å². The molecule has 0 radical (unpaired) electrons. The summed E-state index contributed by atoms with van der Waals surface area (Å²) in [6.45, 7) is 2.10. The Bertz CT molecular complexity index is 1140. The number of aromatic amines is 1. The lowest BCUT2D eigenvalue weighted by molar-refractivity contribution is 0.581. The predicted octanol–water partition coefficient (Wildman–Crippen LogP) is 2.00. The number of H-pyrrole nitrogens is 1. The van der Waals surface area contributed by atoms with E-state index in [2.05, 4.69) is 19.7 Å². The Balaban J connectivity index is 1.63. The molecular weight excluding hydrogens is 326 g/mol. The molecule has 0 aromatic carbocycles. The summed E-state index contributed by atoms with van der Waals surface area (Å²) < 4.78 is 29.7. The average Bonchev–Trinajstić information content (AvgIpc) is 3.18. The lowest BCUT2D eigenvalue weighted by Gasteiger charge is -2.03. The number of aromatic nitrogens is 4. The normalized spacial score (nSPS) is 12.2. The molecule has 24 heavy (non-hydrogen) atoms. The summed E-state index contributed by atoms with van der Waals surface area (Å²) in [7, 11) is -3.66. The van der Waals surface area contributed by atoms with Crippen LogP contribution in [0.15, 0.2) is 53.8 Å². The summed E-state index contributed by atoms with van der Waals surface area (Å²) in [5.74, 6) is 0. The number of hydrogen-bond donors (Lipinski definition) is 2. The molecule has 0 atom stereocenters. The molecule has 4 heterocycles. The maximum Gasteiger partial charge on any atom is 0.243 e. The predicted molar refractivity (Wildman–Crippen MR) is 90.0 cm³/mol. The SMILES string of the molecule is Cc1cccc2nc(CNS(=O)(=O)c3c[nH]c4ncccc34)cn12. The average molecular weight is 341 g/mol. The van der Waals surface area contributed by atoms with Crippen LogP contribution in [0.25, 0.3) is 16.7 Å². The molecule has 0 aliphatic carbocycles. The standard InChI is InChI=1S/C16H15N5O2S/c1-11-4-2-6-15-20-12(10-21(11)15)8-19-24(22,23)14-9-18-16-13(14)5-3-7-17-16/h2-7,9-10,19H,8H2,1H3,(H,17,18). The van der Waals surface area contributed by atoms with Crippen LogP contribution >= 0.6 is 0 Å². The fourth-order valence-electron chi connectivity index (χ4n) is 2.68. The first-order valence-electron chi connectivity index (χ1n) is 7.40.